The number of piperazine rings is 1. The molecule has 0 atom stereocenters. The molecule has 0 unspecified atom stereocenters. The SMILES string of the molecule is CC(=O)C(F)(F)F.CC(C)NCc1cccc(-c2c(F)c(F)c(-c3cc(C(=O)O)c4c(c3)ncn4C)c(F)c2F)c1.CN1CCN(Cc2cccc(-c3c(F)c(F)c(-c4cc(C(=O)O)c5c(c4)ncn5C)c(F)c3F)c2)CC1.Cn1cnc2cc(-c3c(F)c(F)c(-c4cccc(CN5CCOCC5)c4)c(F)c3F)cc(C(=O)O)c21.Cn1nnc2cc(-c3c(F)c(F)c(-c4cccc(CN5CCCCC5)c4)c(F)c3F)cc(C(=O)O)c21. The Morgan fingerprint density at radius 3 is 0.887 bits per heavy atom. The Kier molecular flexibility index (Phi) is 32.8. The van der Waals surface area contributed by atoms with E-state index in [4.69, 9.17) is 4.74 Å². The highest BCUT2D eigenvalue weighted by molar-refractivity contribution is 6.07. The molecule has 3 saturated heterocycles. The van der Waals surface area contributed by atoms with Crippen LogP contribution in [0.25, 0.3) is 133 Å². The molecule has 0 aliphatic carbocycles. The van der Waals surface area contributed by atoms with Crippen LogP contribution in [-0.2, 0) is 63.9 Å². The number of aromatic carboxylic acids is 4. The van der Waals surface area contributed by atoms with Gasteiger partial charge in [-0.2, -0.15) is 13.2 Å². The second-order valence-corrected chi connectivity index (χ2v) is 36.3. The van der Waals surface area contributed by atoms with Crippen molar-refractivity contribution in [2.45, 2.75) is 78.4 Å². The number of aromatic nitrogens is 9. The number of imidazole rings is 3. The van der Waals surface area contributed by atoms with Crippen molar-refractivity contribution in [2.75, 3.05) is 72.6 Å². The number of carbonyl (C=O) groups is 5. The second-order valence-electron chi connectivity index (χ2n) is 36.3. The minimum absolute atomic E-state index is 0.00786. The molecule has 19 rings (SSSR count). The van der Waals surface area contributed by atoms with Crippen LogP contribution in [0.3, 0.4) is 0 Å². The molecule has 0 saturated carbocycles. The van der Waals surface area contributed by atoms with Crippen molar-refractivity contribution in [2.24, 2.45) is 28.2 Å². The standard InChI is InChI=1S/C27H24F4N4O2.C26H22F4N4O2.C26H21F4N3O3.C25H21F4N3O2.C3H3F3O/c1-33-6-8-35(9-7-33)13-15-4-3-5-16(10-15)20-22(28)24(30)21(25(31)23(20)29)17-11-18(27(36)37)26-19(12-17)32-14-34(26)2;1-33-25-17(26(35)36)11-16(12-18(25)31-32-33)20-23(29)21(27)19(22(28)24(20)30)15-7-5-6-14(10-15)13-34-8-3-2-4-9-34;1-32-13-31-18-11-16(10-17(25(18)32)26(34)35)20-23(29)21(27)19(22(28)24(20)30)15-4-2-3-14(9-15)12-33-5-7-36-8-6-33;1-12(2)30-10-13-5-4-6-14(7-13)18-20(26)22(28)19(23(29)21(18)27)15-8-16(25(33)34)24-17(9-15)31-11-32(24)3;1-2(7)3(4,5)6/h3-5,10-12,14H,6-9,13H2,1-2H3,(H,36,37);5-7,10-12H,2-4,8-9,13H2,1H3,(H,35,36);2-4,9-11,13H,5-8,12H2,1H3,(H,34,35);4-9,11-12,30H,10H2,1-3H3,(H,33,34);1H3. The average Bonchev–Trinajstić information content (AvgIpc) is 1.00. The maximum Gasteiger partial charge on any atom is 0.449 e. The quantitative estimate of drug-likeness (QED) is 0.0330. The number of fused-ring (bicyclic) bond motifs is 4. The Bertz CT molecular complexity index is 7650. The van der Waals surface area contributed by atoms with E-state index >= 15 is 70.2 Å². The lowest BCUT2D eigenvalue weighted by molar-refractivity contribution is -0.168. The molecule has 3 aliphatic rings. The number of likely N-dealkylation sites (tertiary alicyclic amines) is 1. The van der Waals surface area contributed by atoms with Crippen LogP contribution in [0.1, 0.15) is 104 Å². The largest absolute Gasteiger partial charge is 0.478 e. The van der Waals surface area contributed by atoms with E-state index in [1.165, 1.54) is 111 Å². The van der Waals surface area contributed by atoms with Gasteiger partial charge in [-0.3, -0.25) is 19.5 Å². The van der Waals surface area contributed by atoms with Crippen LogP contribution in [0.2, 0.25) is 0 Å². The van der Waals surface area contributed by atoms with E-state index in [1.54, 1.807) is 69.7 Å². The summed E-state index contributed by atoms with van der Waals surface area (Å²) in [7, 11) is 8.17. The molecule has 5 N–H and O–H groups in total. The summed E-state index contributed by atoms with van der Waals surface area (Å²) in [5, 5.41) is 49.0. The van der Waals surface area contributed by atoms with Crippen molar-refractivity contribution in [1.82, 2.24) is 68.6 Å². The summed E-state index contributed by atoms with van der Waals surface area (Å²) >= 11 is 0. The van der Waals surface area contributed by atoms with Gasteiger partial charge in [-0.05, 0) is 173 Å². The smallest absolute Gasteiger partial charge is 0.449 e. The Morgan fingerprint density at radius 1 is 0.340 bits per heavy atom. The molecule has 24 nitrogen and oxygen atoms in total. The molecular weight excluding hydrogens is 2000 g/mol. The zero-order valence-corrected chi connectivity index (χ0v) is 80.9. The van der Waals surface area contributed by atoms with E-state index in [-0.39, 0.29) is 117 Å². The second kappa shape index (κ2) is 45.2. The number of piperidine rings is 1. The van der Waals surface area contributed by atoms with Crippen molar-refractivity contribution < 1.29 is 133 Å². The molecule has 150 heavy (non-hydrogen) atoms. The third-order valence-corrected chi connectivity index (χ3v) is 25.6. The molecule has 0 radical (unpaired) electrons. The van der Waals surface area contributed by atoms with Gasteiger partial charge in [-0.15, -0.1) is 5.10 Å². The van der Waals surface area contributed by atoms with Gasteiger partial charge in [-0.25, -0.2) is 109 Å². The van der Waals surface area contributed by atoms with Gasteiger partial charge in [0.15, 0.2) is 93.1 Å². The molecule has 43 heteroatoms. The number of likely N-dealkylation sites (N-methyl/N-ethyl adjacent to an activating group) is 1. The number of alkyl halides is 3. The Morgan fingerprint density at radius 2 is 0.600 bits per heavy atom. The van der Waals surface area contributed by atoms with E-state index in [0.717, 1.165) is 106 Å². The number of carboxylic acids is 4. The van der Waals surface area contributed by atoms with Crippen molar-refractivity contribution in [3.05, 3.63) is 302 Å². The van der Waals surface area contributed by atoms with E-state index in [9.17, 15) is 57.6 Å². The number of nitrogens with zero attached hydrogens (tertiary/aromatic N) is 13. The van der Waals surface area contributed by atoms with Crippen LogP contribution in [-0.4, -0.2) is 198 Å². The van der Waals surface area contributed by atoms with Gasteiger partial charge in [-0.1, -0.05) is 98.3 Å². The summed E-state index contributed by atoms with van der Waals surface area (Å²) in [4.78, 5) is 77.2. The minimum Gasteiger partial charge on any atom is -0.478 e. The van der Waals surface area contributed by atoms with Gasteiger partial charge < -0.3 is 49.1 Å². The summed E-state index contributed by atoms with van der Waals surface area (Å²) < 4.78 is 288. The summed E-state index contributed by atoms with van der Waals surface area (Å²) in [5.74, 6) is -32.7. The van der Waals surface area contributed by atoms with Crippen LogP contribution < -0.4 is 5.32 Å². The first-order chi connectivity index (χ1) is 71.2. The summed E-state index contributed by atoms with van der Waals surface area (Å²) in [5.41, 5.74) is -5.82. The predicted octanol–water partition coefficient (Wildman–Crippen LogP) is 22.2. The molecule has 3 aliphatic heterocycles. The monoisotopic (exact) mass is 2090 g/mol. The highest BCUT2D eigenvalue weighted by Crippen LogP contribution is 2.46. The Hall–Kier alpha value is -15.6. The van der Waals surface area contributed by atoms with Crippen molar-refractivity contribution in [1.29, 1.82) is 0 Å². The van der Waals surface area contributed by atoms with Gasteiger partial charge in [0, 0.05) is 107 Å². The fourth-order valence-corrected chi connectivity index (χ4v) is 18.2. The number of carbonyl (C=O) groups excluding carboxylic acids is 1. The highest BCUT2D eigenvalue weighted by atomic mass is 19.4. The number of hydrogen-bond donors (Lipinski definition) is 5. The van der Waals surface area contributed by atoms with Crippen LogP contribution >= 0.6 is 0 Å². The maximum atomic E-state index is 15.4. The van der Waals surface area contributed by atoms with E-state index < -0.39 is 173 Å². The normalized spacial score (nSPS) is 13.8. The fraction of sp³-hybridized carbons (Fsp3) is 0.252. The first-order valence-electron chi connectivity index (χ1n) is 46.4. The fourth-order valence-electron chi connectivity index (χ4n) is 18.2. The first kappa shape index (κ1) is 109. The zero-order chi connectivity index (χ0) is 108. The first-order valence-corrected chi connectivity index (χ1v) is 46.4. The predicted molar refractivity (Wildman–Crippen MR) is 518 cm³/mol. The summed E-state index contributed by atoms with van der Waals surface area (Å²) in [6.07, 6.45) is 2.68. The number of aryl methyl sites for hydroxylation is 4. The van der Waals surface area contributed by atoms with Crippen LogP contribution in [0.15, 0.2) is 165 Å². The Balaban J connectivity index is 0.000000146. The number of nitrogens with one attached hydrogen (secondary N) is 1. The highest BCUT2D eigenvalue weighted by Gasteiger charge is 2.37. The molecular formula is C107H91F19N14O10. The van der Waals surface area contributed by atoms with E-state index in [0.29, 0.717) is 65.0 Å². The van der Waals surface area contributed by atoms with E-state index in [1.807, 2.05) is 20.9 Å². The number of benzene rings is 12. The van der Waals surface area contributed by atoms with Gasteiger partial charge in [0.25, 0.3) is 0 Å². The lowest BCUT2D eigenvalue weighted by atomic mass is 9.95. The number of hydrogen-bond acceptors (Lipinski definition) is 16. The van der Waals surface area contributed by atoms with E-state index in [2.05, 4.69) is 50.2 Å². The number of ketones is 1. The van der Waals surface area contributed by atoms with Gasteiger partial charge in [0.1, 0.15) is 11.0 Å². The average molecular weight is 2090 g/mol. The number of rotatable bonds is 21. The molecule has 0 amide bonds. The van der Waals surface area contributed by atoms with Crippen molar-refractivity contribution >= 4 is 73.8 Å². The lowest BCUT2D eigenvalue weighted by Crippen LogP contribution is -2.43. The van der Waals surface area contributed by atoms with Crippen molar-refractivity contribution in [3.63, 3.8) is 0 Å². The van der Waals surface area contributed by atoms with Gasteiger partial charge >= 0.3 is 30.1 Å². The number of carboxylic acid groups (broad SMARTS) is 4. The third kappa shape index (κ3) is 22.7. The zero-order valence-electron chi connectivity index (χ0n) is 80.9. The molecule has 782 valence electrons. The van der Waals surface area contributed by atoms with Crippen LogP contribution in [0, 0.1) is 93.1 Å². The molecule has 3 fully saturated rings. The molecule has 4 aromatic heterocycles. The number of morpholine rings is 1. The molecule has 0 spiro atoms. The molecule has 0 bridgehead atoms. The number of halogens is 19. The summed E-state index contributed by atoms with van der Waals surface area (Å²) in [6.45, 7) is 14.2. The topological polar surface area (TPSA) is 285 Å². The van der Waals surface area contributed by atoms with Crippen LogP contribution in [0.5, 0.6) is 0 Å². The van der Waals surface area contributed by atoms with Crippen molar-refractivity contribution in [3.8, 4) is 89.0 Å². The number of Topliss-reactive ketones (excluding diaryl/α,β-unsaturated/α-hetero) is 1. The summed E-state index contributed by atoms with van der Waals surface area (Å²) in [6, 6.07) is 33.8. The van der Waals surface area contributed by atoms with Gasteiger partial charge in [0.05, 0.1) is 132 Å². The number of ether oxygens (including phenoxy) is 1. The van der Waals surface area contributed by atoms with Gasteiger partial charge in [0.2, 0.25) is 5.78 Å². The molecule has 16 aromatic rings. The third-order valence-electron chi connectivity index (χ3n) is 25.6. The molecule has 12 aromatic carbocycles. The Labute approximate surface area is 841 Å². The molecule has 7 heterocycles. The van der Waals surface area contributed by atoms with Crippen LogP contribution in [0.4, 0.5) is 83.4 Å². The lowest BCUT2D eigenvalue weighted by Gasteiger charge is -2.32. The maximum absolute atomic E-state index is 15.4. The minimum atomic E-state index is -4.64.